The van der Waals surface area contributed by atoms with Gasteiger partial charge in [-0.15, -0.1) is 0 Å². The highest BCUT2D eigenvalue weighted by atomic mass is 32.2. The first-order chi connectivity index (χ1) is 7.46. The molecule has 7 heteroatoms. The van der Waals surface area contributed by atoms with Crippen LogP contribution in [-0.2, 0) is 14.9 Å². The number of hydrogen-bond donors (Lipinski definition) is 1. The van der Waals surface area contributed by atoms with Gasteiger partial charge >= 0.3 is 5.97 Å². The van der Waals surface area contributed by atoms with Crippen LogP contribution in [0.5, 0.6) is 0 Å². The number of carbonyl (C=O) groups excluding carboxylic acids is 1. The zero-order valence-electron chi connectivity index (χ0n) is 8.67. The van der Waals surface area contributed by atoms with E-state index in [9.17, 15) is 13.2 Å². The molecule has 0 bridgehead atoms. The Morgan fingerprint density at radius 3 is 2.75 bits per heavy atom. The molecule has 0 unspecified atom stereocenters. The summed E-state index contributed by atoms with van der Waals surface area (Å²) in [5.41, 5.74) is -0.108. The first kappa shape index (κ1) is 13.1. The van der Waals surface area contributed by atoms with Gasteiger partial charge in [-0.25, -0.2) is 4.79 Å². The van der Waals surface area contributed by atoms with Gasteiger partial charge in [-0.2, -0.15) is 19.8 Å². The van der Waals surface area contributed by atoms with Crippen molar-refractivity contribution in [3.05, 3.63) is 16.3 Å². The van der Waals surface area contributed by atoms with E-state index in [-0.39, 0.29) is 17.1 Å². The van der Waals surface area contributed by atoms with E-state index in [1.807, 2.05) is 6.92 Å². The van der Waals surface area contributed by atoms with Gasteiger partial charge < -0.3 is 4.74 Å². The fraction of sp³-hybridized carbons (Fsp3) is 0.444. The molecule has 1 aromatic rings. The van der Waals surface area contributed by atoms with Crippen LogP contribution in [0.3, 0.4) is 0 Å². The number of thiophene rings is 1. The fourth-order valence-corrected chi connectivity index (χ4v) is 2.85. The van der Waals surface area contributed by atoms with Gasteiger partial charge in [0.05, 0.1) is 12.2 Å². The monoisotopic (exact) mass is 264 g/mol. The molecule has 90 valence electrons. The molecule has 1 aromatic heterocycles. The Morgan fingerprint density at radius 1 is 1.50 bits per heavy atom. The average molecular weight is 264 g/mol. The lowest BCUT2D eigenvalue weighted by Gasteiger charge is -2.03. The molecule has 0 radical (unpaired) electrons. The lowest BCUT2D eigenvalue weighted by Crippen LogP contribution is -2.10. The van der Waals surface area contributed by atoms with Crippen LogP contribution in [-0.4, -0.2) is 25.5 Å². The minimum atomic E-state index is -4.36. The third-order valence-corrected chi connectivity index (χ3v) is 3.64. The highest BCUT2D eigenvalue weighted by molar-refractivity contribution is 7.86. The summed E-state index contributed by atoms with van der Waals surface area (Å²) < 4.78 is 35.5. The number of rotatable bonds is 5. The van der Waals surface area contributed by atoms with Crippen molar-refractivity contribution in [2.24, 2.45) is 0 Å². The highest BCUT2D eigenvalue weighted by Crippen LogP contribution is 2.21. The predicted molar refractivity (Wildman–Crippen MR) is 59.3 cm³/mol. The van der Waals surface area contributed by atoms with Crippen LogP contribution in [0.2, 0.25) is 0 Å². The van der Waals surface area contributed by atoms with E-state index in [1.165, 1.54) is 10.8 Å². The van der Waals surface area contributed by atoms with Crippen molar-refractivity contribution in [3.8, 4) is 0 Å². The third kappa shape index (κ3) is 3.29. The van der Waals surface area contributed by atoms with Crippen molar-refractivity contribution in [2.45, 2.75) is 24.7 Å². The van der Waals surface area contributed by atoms with Crippen LogP contribution in [0.15, 0.2) is 15.7 Å². The van der Waals surface area contributed by atoms with Crippen LogP contribution in [0.4, 0.5) is 0 Å². The smallest absolute Gasteiger partial charge is 0.340 e. The second kappa shape index (κ2) is 5.42. The van der Waals surface area contributed by atoms with E-state index >= 15 is 0 Å². The highest BCUT2D eigenvalue weighted by Gasteiger charge is 2.22. The Kier molecular flexibility index (Phi) is 4.45. The van der Waals surface area contributed by atoms with Crippen LogP contribution >= 0.6 is 11.3 Å². The lowest BCUT2D eigenvalue weighted by molar-refractivity contribution is 0.0495. The van der Waals surface area contributed by atoms with E-state index in [4.69, 9.17) is 9.29 Å². The second-order valence-electron chi connectivity index (χ2n) is 3.11. The molecule has 0 saturated heterocycles. The first-order valence-corrected chi connectivity index (χ1v) is 7.06. The molecule has 0 spiro atoms. The van der Waals surface area contributed by atoms with Gasteiger partial charge in [-0.3, -0.25) is 4.55 Å². The molecule has 1 N–H and O–H groups in total. The van der Waals surface area contributed by atoms with Crippen molar-refractivity contribution in [1.82, 2.24) is 0 Å². The largest absolute Gasteiger partial charge is 0.462 e. The van der Waals surface area contributed by atoms with Gasteiger partial charge in [0, 0.05) is 10.8 Å². The second-order valence-corrected chi connectivity index (χ2v) is 5.25. The summed E-state index contributed by atoms with van der Waals surface area (Å²) >= 11 is 1.02. The van der Waals surface area contributed by atoms with Gasteiger partial charge in [0.2, 0.25) is 0 Å². The molecule has 0 atom stereocenters. The molecule has 0 saturated carbocycles. The molecule has 16 heavy (non-hydrogen) atoms. The van der Waals surface area contributed by atoms with Crippen LogP contribution < -0.4 is 0 Å². The maximum absolute atomic E-state index is 11.5. The maximum atomic E-state index is 11.5. The summed E-state index contributed by atoms with van der Waals surface area (Å²) in [6.45, 7) is 2.19. The fourth-order valence-electron chi connectivity index (χ4n) is 1.02. The van der Waals surface area contributed by atoms with Crippen molar-refractivity contribution in [1.29, 1.82) is 0 Å². The van der Waals surface area contributed by atoms with Crippen molar-refractivity contribution in [2.75, 3.05) is 6.61 Å². The van der Waals surface area contributed by atoms with E-state index in [0.717, 1.165) is 24.2 Å². The standard InChI is InChI=1S/C9H12O5S2/c1-2-3-4-14-9(10)7-5-15-6-8(7)16(11,12)13/h5-6H,2-4H2,1H3,(H,11,12,13). The third-order valence-electron chi connectivity index (χ3n) is 1.86. The molecule has 1 heterocycles. The van der Waals surface area contributed by atoms with E-state index < -0.39 is 16.1 Å². The van der Waals surface area contributed by atoms with Gasteiger partial charge in [-0.05, 0) is 6.42 Å². The van der Waals surface area contributed by atoms with Gasteiger partial charge in [0.1, 0.15) is 4.90 Å². The van der Waals surface area contributed by atoms with E-state index in [2.05, 4.69) is 0 Å². The van der Waals surface area contributed by atoms with E-state index in [0.29, 0.717) is 0 Å². The van der Waals surface area contributed by atoms with Crippen LogP contribution in [0.25, 0.3) is 0 Å². The van der Waals surface area contributed by atoms with E-state index in [1.54, 1.807) is 0 Å². The first-order valence-electron chi connectivity index (χ1n) is 4.67. The summed E-state index contributed by atoms with van der Waals surface area (Å²) in [7, 11) is -4.36. The molecule has 0 amide bonds. The Labute approximate surface area is 97.8 Å². The molecule has 0 aliphatic heterocycles. The maximum Gasteiger partial charge on any atom is 0.340 e. The molecular formula is C9H12O5S2. The number of carbonyl (C=O) groups is 1. The minimum absolute atomic E-state index is 0.108. The molecular weight excluding hydrogens is 252 g/mol. The average Bonchev–Trinajstić information content (AvgIpc) is 2.65. The molecule has 0 aliphatic carbocycles. The Bertz CT molecular complexity index is 460. The van der Waals surface area contributed by atoms with Crippen LogP contribution in [0.1, 0.15) is 30.1 Å². The lowest BCUT2D eigenvalue weighted by atomic mass is 10.3. The quantitative estimate of drug-likeness (QED) is 0.499. The summed E-state index contributed by atoms with van der Waals surface area (Å²) in [6, 6.07) is 0. The number of hydrogen-bond acceptors (Lipinski definition) is 5. The minimum Gasteiger partial charge on any atom is -0.462 e. The molecule has 0 fully saturated rings. The number of esters is 1. The summed E-state index contributed by atoms with van der Waals surface area (Å²) in [5, 5.41) is 2.54. The Balaban J connectivity index is 2.81. The zero-order valence-corrected chi connectivity index (χ0v) is 10.3. The summed E-state index contributed by atoms with van der Waals surface area (Å²) in [4.78, 5) is 11.1. The van der Waals surface area contributed by atoms with Crippen LogP contribution in [0, 0.1) is 0 Å². The topological polar surface area (TPSA) is 80.7 Å². The number of ether oxygens (including phenoxy) is 1. The van der Waals surface area contributed by atoms with Crippen molar-refractivity contribution in [3.63, 3.8) is 0 Å². The summed E-state index contributed by atoms with van der Waals surface area (Å²) in [5.74, 6) is -0.720. The van der Waals surface area contributed by atoms with Gasteiger partial charge in [0.25, 0.3) is 10.1 Å². The van der Waals surface area contributed by atoms with Gasteiger partial charge in [-0.1, -0.05) is 13.3 Å². The molecule has 0 aliphatic rings. The Hall–Kier alpha value is -0.920. The number of unbranched alkanes of at least 4 members (excludes halogenated alkanes) is 1. The van der Waals surface area contributed by atoms with Crippen molar-refractivity contribution < 1.29 is 22.5 Å². The molecule has 0 aromatic carbocycles. The molecule has 1 rings (SSSR count). The van der Waals surface area contributed by atoms with Crippen molar-refractivity contribution >= 4 is 27.4 Å². The predicted octanol–water partition coefficient (Wildman–Crippen LogP) is 1.95. The summed E-state index contributed by atoms with van der Waals surface area (Å²) in [6.07, 6.45) is 1.60. The normalized spacial score (nSPS) is 11.4. The molecule has 5 nitrogen and oxygen atoms in total. The van der Waals surface area contributed by atoms with Gasteiger partial charge in [0.15, 0.2) is 0 Å². The Morgan fingerprint density at radius 2 is 2.19 bits per heavy atom. The SMILES string of the molecule is CCCCOC(=O)c1cscc1S(=O)(=O)O. The zero-order chi connectivity index (χ0) is 12.2.